The largest absolute Gasteiger partial charge is 0.278 e. The van der Waals surface area contributed by atoms with Crippen LogP contribution in [0.5, 0.6) is 0 Å². The second-order valence-electron chi connectivity index (χ2n) is 4.57. The number of aromatic nitrogens is 2. The Balaban J connectivity index is 1.90. The Morgan fingerprint density at radius 1 is 1.09 bits per heavy atom. The number of benzene rings is 2. The van der Waals surface area contributed by atoms with Crippen molar-refractivity contribution in [1.82, 2.24) is 10.2 Å². The third-order valence-electron chi connectivity index (χ3n) is 3.15. The predicted molar refractivity (Wildman–Crippen MR) is 88.9 cm³/mol. The van der Waals surface area contributed by atoms with E-state index in [1.165, 1.54) is 12.3 Å². The minimum Gasteiger partial charge on any atom is -0.259 e. The lowest BCUT2D eigenvalue weighted by atomic mass is 10.2. The standard InChI is InChI=1S/C15H10ClN5O2/c16-14-11-6-2-3-7-12(11)15(20-18-14)19-17-9-10-5-1-4-8-13(10)21(22)23/h1-9H,(H,19,20). The number of nitro benzene ring substituents is 1. The van der Waals surface area contributed by atoms with E-state index in [1.807, 2.05) is 24.3 Å². The molecule has 1 aromatic heterocycles. The summed E-state index contributed by atoms with van der Waals surface area (Å²) in [6.07, 6.45) is 1.36. The molecule has 3 aromatic rings. The molecule has 0 aliphatic heterocycles. The third-order valence-corrected chi connectivity index (χ3v) is 3.43. The van der Waals surface area contributed by atoms with Gasteiger partial charge in [0.05, 0.1) is 16.7 Å². The molecule has 0 aliphatic rings. The first-order valence-electron chi connectivity index (χ1n) is 6.60. The Kier molecular flexibility index (Phi) is 4.11. The summed E-state index contributed by atoms with van der Waals surface area (Å²) in [5.41, 5.74) is 3.11. The molecule has 23 heavy (non-hydrogen) atoms. The van der Waals surface area contributed by atoms with Gasteiger partial charge in [0.15, 0.2) is 11.0 Å². The first-order chi connectivity index (χ1) is 11.2. The number of para-hydroxylation sites is 1. The maximum absolute atomic E-state index is 11.0. The molecular formula is C15H10ClN5O2. The lowest BCUT2D eigenvalue weighted by Gasteiger charge is -2.04. The van der Waals surface area contributed by atoms with Crippen LogP contribution < -0.4 is 5.43 Å². The number of nitrogens with zero attached hydrogens (tertiary/aromatic N) is 4. The molecular weight excluding hydrogens is 318 g/mol. The van der Waals surface area contributed by atoms with Gasteiger partial charge in [-0.25, -0.2) is 0 Å². The number of hydrazone groups is 1. The van der Waals surface area contributed by atoms with Crippen molar-refractivity contribution in [2.24, 2.45) is 5.10 Å². The molecule has 0 fully saturated rings. The fraction of sp³-hybridized carbons (Fsp3) is 0. The van der Waals surface area contributed by atoms with Gasteiger partial charge in [-0.2, -0.15) is 5.10 Å². The predicted octanol–water partition coefficient (Wildman–Crippen LogP) is 3.64. The van der Waals surface area contributed by atoms with Crippen LogP contribution in [0.1, 0.15) is 5.56 Å². The van der Waals surface area contributed by atoms with Crippen LogP contribution >= 0.6 is 11.6 Å². The summed E-state index contributed by atoms with van der Waals surface area (Å²) in [4.78, 5) is 10.5. The van der Waals surface area contributed by atoms with E-state index >= 15 is 0 Å². The van der Waals surface area contributed by atoms with Crippen molar-refractivity contribution in [3.05, 3.63) is 69.4 Å². The lowest BCUT2D eigenvalue weighted by molar-refractivity contribution is -0.385. The minimum absolute atomic E-state index is 0.0231. The lowest BCUT2D eigenvalue weighted by Crippen LogP contribution is -1.99. The van der Waals surface area contributed by atoms with Crippen molar-refractivity contribution in [2.75, 3.05) is 5.43 Å². The maximum atomic E-state index is 11.0. The molecule has 0 bridgehead atoms. The van der Waals surface area contributed by atoms with E-state index in [0.29, 0.717) is 16.5 Å². The number of anilines is 1. The molecule has 0 spiro atoms. The van der Waals surface area contributed by atoms with E-state index in [0.717, 1.165) is 10.8 Å². The zero-order chi connectivity index (χ0) is 16.2. The normalized spacial score (nSPS) is 11.0. The van der Waals surface area contributed by atoms with Crippen LogP contribution in [-0.2, 0) is 0 Å². The van der Waals surface area contributed by atoms with Gasteiger partial charge >= 0.3 is 0 Å². The molecule has 0 unspecified atom stereocenters. The van der Waals surface area contributed by atoms with E-state index in [2.05, 4.69) is 20.7 Å². The second kappa shape index (κ2) is 6.37. The van der Waals surface area contributed by atoms with Crippen molar-refractivity contribution < 1.29 is 4.92 Å². The number of nitro groups is 1. The number of halogens is 1. The van der Waals surface area contributed by atoms with E-state index in [1.54, 1.807) is 18.2 Å². The topological polar surface area (TPSA) is 93.3 Å². The van der Waals surface area contributed by atoms with Gasteiger partial charge in [-0.3, -0.25) is 15.5 Å². The third kappa shape index (κ3) is 3.09. The smallest absolute Gasteiger partial charge is 0.259 e. The van der Waals surface area contributed by atoms with Crippen LogP contribution in [-0.4, -0.2) is 21.3 Å². The van der Waals surface area contributed by atoms with Crippen molar-refractivity contribution in [3.8, 4) is 0 Å². The zero-order valence-electron chi connectivity index (χ0n) is 11.7. The Labute approximate surface area is 135 Å². The number of hydrogen-bond acceptors (Lipinski definition) is 6. The van der Waals surface area contributed by atoms with Crippen LogP contribution in [0.4, 0.5) is 11.5 Å². The fourth-order valence-electron chi connectivity index (χ4n) is 2.08. The van der Waals surface area contributed by atoms with Gasteiger partial charge in [-0.15, -0.1) is 10.2 Å². The van der Waals surface area contributed by atoms with Crippen molar-refractivity contribution in [3.63, 3.8) is 0 Å². The molecule has 0 radical (unpaired) electrons. The number of hydrogen-bond donors (Lipinski definition) is 1. The quantitative estimate of drug-likeness (QED) is 0.448. The van der Waals surface area contributed by atoms with Gasteiger partial charge in [0, 0.05) is 16.8 Å². The molecule has 0 amide bonds. The SMILES string of the molecule is O=[N+]([O-])c1ccccc1C=NNc1nnc(Cl)c2ccccc12. The molecule has 1 heterocycles. The fourth-order valence-corrected chi connectivity index (χ4v) is 2.28. The van der Waals surface area contributed by atoms with Crippen LogP contribution in [0.15, 0.2) is 53.6 Å². The van der Waals surface area contributed by atoms with Crippen LogP contribution in [0.25, 0.3) is 10.8 Å². The summed E-state index contributed by atoms with van der Waals surface area (Å²) in [7, 11) is 0. The number of nitrogens with one attached hydrogen (secondary N) is 1. The highest BCUT2D eigenvalue weighted by molar-refractivity contribution is 6.34. The molecule has 0 saturated carbocycles. The van der Waals surface area contributed by atoms with E-state index < -0.39 is 4.92 Å². The van der Waals surface area contributed by atoms with E-state index in [4.69, 9.17) is 11.6 Å². The molecule has 114 valence electrons. The van der Waals surface area contributed by atoms with Crippen LogP contribution in [0.3, 0.4) is 0 Å². The zero-order valence-corrected chi connectivity index (χ0v) is 12.4. The first kappa shape index (κ1) is 14.9. The molecule has 2 aromatic carbocycles. The van der Waals surface area contributed by atoms with E-state index in [9.17, 15) is 10.1 Å². The van der Waals surface area contributed by atoms with Crippen LogP contribution in [0.2, 0.25) is 5.15 Å². The van der Waals surface area contributed by atoms with Gasteiger partial charge < -0.3 is 0 Å². The first-order valence-corrected chi connectivity index (χ1v) is 6.98. The molecule has 0 aliphatic carbocycles. The summed E-state index contributed by atoms with van der Waals surface area (Å²) in [6.45, 7) is 0. The minimum atomic E-state index is -0.459. The second-order valence-corrected chi connectivity index (χ2v) is 4.93. The summed E-state index contributed by atoms with van der Waals surface area (Å²) in [6, 6.07) is 13.7. The van der Waals surface area contributed by atoms with Crippen LogP contribution in [0, 0.1) is 10.1 Å². The molecule has 3 rings (SSSR count). The average Bonchev–Trinajstić information content (AvgIpc) is 2.57. The maximum Gasteiger partial charge on any atom is 0.278 e. The van der Waals surface area contributed by atoms with Gasteiger partial charge in [-0.05, 0) is 6.07 Å². The molecule has 0 saturated heterocycles. The summed E-state index contributed by atoms with van der Waals surface area (Å²) < 4.78 is 0. The molecule has 1 N–H and O–H groups in total. The highest BCUT2D eigenvalue weighted by Gasteiger charge is 2.10. The molecule has 0 atom stereocenters. The van der Waals surface area contributed by atoms with Gasteiger partial charge in [-0.1, -0.05) is 48.0 Å². The Morgan fingerprint density at radius 2 is 1.78 bits per heavy atom. The highest BCUT2D eigenvalue weighted by Crippen LogP contribution is 2.25. The van der Waals surface area contributed by atoms with Crippen molar-refractivity contribution in [1.29, 1.82) is 0 Å². The van der Waals surface area contributed by atoms with Gasteiger partial charge in [0.2, 0.25) is 0 Å². The summed E-state index contributed by atoms with van der Waals surface area (Å²) >= 11 is 6.00. The molecule has 8 heteroatoms. The van der Waals surface area contributed by atoms with Gasteiger partial charge in [0.1, 0.15) is 0 Å². The summed E-state index contributed by atoms with van der Waals surface area (Å²) in [5, 5.41) is 24.6. The Bertz CT molecular complexity index is 913. The highest BCUT2D eigenvalue weighted by atomic mass is 35.5. The van der Waals surface area contributed by atoms with Crippen molar-refractivity contribution >= 4 is 40.1 Å². The monoisotopic (exact) mass is 327 g/mol. The van der Waals surface area contributed by atoms with Gasteiger partial charge in [0.25, 0.3) is 5.69 Å². The van der Waals surface area contributed by atoms with E-state index in [-0.39, 0.29) is 5.69 Å². The Morgan fingerprint density at radius 3 is 2.57 bits per heavy atom. The molecule has 7 nitrogen and oxygen atoms in total. The number of rotatable bonds is 4. The van der Waals surface area contributed by atoms with Crippen molar-refractivity contribution in [2.45, 2.75) is 0 Å². The Hall–Kier alpha value is -3.06. The number of fused-ring (bicyclic) bond motifs is 1. The summed E-state index contributed by atoms with van der Waals surface area (Å²) in [5.74, 6) is 0.417. The average molecular weight is 328 g/mol.